The summed E-state index contributed by atoms with van der Waals surface area (Å²) in [5.74, 6) is 0.117. The number of halogens is 2. The van der Waals surface area contributed by atoms with E-state index < -0.39 is 6.04 Å². The number of carbonyl (C=O) groups is 2. The molecule has 0 heterocycles. The number of amides is 2. The summed E-state index contributed by atoms with van der Waals surface area (Å²) in [6.07, 6.45) is 0.919. The second-order valence-electron chi connectivity index (χ2n) is 6.35. The van der Waals surface area contributed by atoms with Crippen molar-refractivity contribution < 1.29 is 14.3 Å². The molecular weight excluding hydrogens is 488 g/mol. The van der Waals surface area contributed by atoms with Gasteiger partial charge in [0, 0.05) is 18.1 Å². The molecule has 2 aromatic carbocycles. The molecule has 0 fully saturated rings. The van der Waals surface area contributed by atoms with Crippen molar-refractivity contribution in [2.75, 3.05) is 13.7 Å². The number of nitrogens with one attached hydrogen (secondary N) is 1. The predicted molar refractivity (Wildman–Crippen MR) is 117 cm³/mol. The number of benzene rings is 2. The molecule has 2 amide bonds. The van der Waals surface area contributed by atoms with Crippen LogP contribution in [0.1, 0.15) is 25.0 Å². The number of carbonyl (C=O) groups excluding carboxylic acids is 2. The third-order valence-electron chi connectivity index (χ3n) is 4.44. The monoisotopic (exact) mass is 510 g/mol. The van der Waals surface area contributed by atoms with Crippen LogP contribution in [0.4, 0.5) is 0 Å². The maximum absolute atomic E-state index is 12.9. The first kappa shape index (κ1) is 22.4. The van der Waals surface area contributed by atoms with E-state index in [4.69, 9.17) is 4.74 Å². The lowest BCUT2D eigenvalue weighted by molar-refractivity contribution is -0.142. The van der Waals surface area contributed by atoms with E-state index in [1.54, 1.807) is 14.0 Å². The molecule has 5 nitrogen and oxygen atoms in total. The second-order valence-corrected chi connectivity index (χ2v) is 8.12. The van der Waals surface area contributed by atoms with E-state index in [1.807, 2.05) is 42.5 Å². The maximum Gasteiger partial charge on any atom is 0.261 e. The third-order valence-corrected chi connectivity index (χ3v) is 5.58. The molecule has 7 heteroatoms. The molecule has 2 rings (SSSR count). The minimum Gasteiger partial charge on any atom is -0.483 e. The van der Waals surface area contributed by atoms with Gasteiger partial charge in [-0.2, -0.15) is 0 Å². The lowest BCUT2D eigenvalue weighted by Gasteiger charge is -2.28. The Morgan fingerprint density at radius 3 is 2.32 bits per heavy atom. The van der Waals surface area contributed by atoms with Gasteiger partial charge in [0.05, 0.1) is 4.47 Å². The van der Waals surface area contributed by atoms with E-state index in [1.165, 1.54) is 10.5 Å². The van der Waals surface area contributed by atoms with Crippen molar-refractivity contribution in [3.05, 3.63) is 62.5 Å². The Balaban J connectivity index is 2.13. The fourth-order valence-corrected chi connectivity index (χ4v) is 3.49. The molecule has 0 spiro atoms. The van der Waals surface area contributed by atoms with Gasteiger partial charge in [-0.05, 0) is 64.7 Å². The summed E-state index contributed by atoms with van der Waals surface area (Å²) < 4.78 is 7.48. The van der Waals surface area contributed by atoms with Gasteiger partial charge in [0.25, 0.3) is 5.91 Å². The number of ether oxygens (including phenoxy) is 1. The largest absolute Gasteiger partial charge is 0.483 e. The van der Waals surface area contributed by atoms with Crippen molar-refractivity contribution >= 4 is 43.7 Å². The van der Waals surface area contributed by atoms with Crippen LogP contribution in [-0.4, -0.2) is 36.4 Å². The SMILES string of the molecule is CCc1ccc(OCC(=O)N(Cc2ccc(Br)cc2)[C@H](C)C(=O)NC)c(Br)c1. The summed E-state index contributed by atoms with van der Waals surface area (Å²) in [6.45, 7) is 3.95. The lowest BCUT2D eigenvalue weighted by Crippen LogP contribution is -2.48. The van der Waals surface area contributed by atoms with E-state index in [2.05, 4.69) is 44.1 Å². The van der Waals surface area contributed by atoms with Crippen molar-refractivity contribution in [1.82, 2.24) is 10.2 Å². The molecule has 0 saturated heterocycles. The van der Waals surface area contributed by atoms with Gasteiger partial charge >= 0.3 is 0 Å². The highest BCUT2D eigenvalue weighted by Crippen LogP contribution is 2.26. The minimum atomic E-state index is -0.615. The van der Waals surface area contributed by atoms with Gasteiger partial charge in [0.1, 0.15) is 11.8 Å². The molecule has 0 aliphatic rings. The van der Waals surface area contributed by atoms with Crippen LogP contribution in [0, 0.1) is 0 Å². The van der Waals surface area contributed by atoms with Gasteiger partial charge in [-0.15, -0.1) is 0 Å². The normalized spacial score (nSPS) is 11.6. The third kappa shape index (κ3) is 6.07. The fourth-order valence-electron chi connectivity index (χ4n) is 2.68. The number of rotatable bonds is 8. The first-order valence-corrected chi connectivity index (χ1v) is 10.6. The first-order valence-electron chi connectivity index (χ1n) is 9.02. The zero-order valence-corrected chi connectivity index (χ0v) is 19.3. The summed E-state index contributed by atoms with van der Waals surface area (Å²) in [6, 6.07) is 12.8. The molecule has 0 unspecified atom stereocenters. The van der Waals surface area contributed by atoms with Gasteiger partial charge in [-0.3, -0.25) is 9.59 Å². The number of hydrogen-bond acceptors (Lipinski definition) is 3. The molecule has 0 aliphatic carbocycles. The Kier molecular flexibility index (Phi) is 8.51. The van der Waals surface area contributed by atoms with Gasteiger partial charge in [0.15, 0.2) is 6.61 Å². The smallest absolute Gasteiger partial charge is 0.261 e. The molecule has 0 aliphatic heterocycles. The summed E-state index contributed by atoms with van der Waals surface area (Å²) >= 11 is 6.88. The summed E-state index contributed by atoms with van der Waals surface area (Å²) in [4.78, 5) is 26.5. The standard InChI is InChI=1S/C21H24Br2N2O3/c1-4-15-7-10-19(18(23)11-15)28-13-20(26)25(14(2)21(27)24-3)12-16-5-8-17(22)9-6-16/h5-11,14H,4,12-13H2,1-3H3,(H,24,27)/t14-/m1/s1. The maximum atomic E-state index is 12.9. The van der Waals surface area contributed by atoms with Crippen molar-refractivity contribution in [3.8, 4) is 5.75 Å². The van der Waals surface area contributed by atoms with Crippen LogP contribution in [0.15, 0.2) is 51.4 Å². The predicted octanol–water partition coefficient (Wildman–Crippen LogP) is 4.32. The van der Waals surface area contributed by atoms with E-state index >= 15 is 0 Å². The van der Waals surface area contributed by atoms with Crippen LogP contribution in [0.2, 0.25) is 0 Å². The molecule has 28 heavy (non-hydrogen) atoms. The molecule has 0 aromatic heterocycles. The Labute approximate surface area is 182 Å². The van der Waals surface area contributed by atoms with Gasteiger partial charge in [0.2, 0.25) is 5.91 Å². The summed E-state index contributed by atoms with van der Waals surface area (Å²) in [5, 5.41) is 2.60. The number of hydrogen-bond donors (Lipinski definition) is 1. The fraction of sp³-hybridized carbons (Fsp3) is 0.333. The van der Waals surface area contributed by atoms with Crippen LogP contribution in [0.3, 0.4) is 0 Å². The van der Waals surface area contributed by atoms with Crippen LogP contribution in [-0.2, 0) is 22.6 Å². The van der Waals surface area contributed by atoms with Gasteiger partial charge in [-0.1, -0.05) is 41.1 Å². The molecule has 0 radical (unpaired) electrons. The molecule has 1 N–H and O–H groups in total. The molecule has 2 aromatic rings. The zero-order valence-electron chi connectivity index (χ0n) is 16.2. The van der Waals surface area contributed by atoms with Crippen molar-refractivity contribution in [2.24, 2.45) is 0 Å². The number of likely N-dealkylation sites (N-methyl/N-ethyl adjacent to an activating group) is 1. The Morgan fingerprint density at radius 1 is 1.11 bits per heavy atom. The van der Waals surface area contributed by atoms with Crippen LogP contribution >= 0.6 is 31.9 Å². The number of aryl methyl sites for hydroxylation is 1. The molecule has 1 atom stereocenters. The van der Waals surface area contributed by atoms with E-state index in [0.29, 0.717) is 12.3 Å². The van der Waals surface area contributed by atoms with Gasteiger partial charge < -0.3 is 15.0 Å². The van der Waals surface area contributed by atoms with E-state index in [9.17, 15) is 9.59 Å². The van der Waals surface area contributed by atoms with Crippen LogP contribution in [0.25, 0.3) is 0 Å². The van der Waals surface area contributed by atoms with E-state index in [0.717, 1.165) is 20.9 Å². The quantitative estimate of drug-likeness (QED) is 0.574. The average molecular weight is 512 g/mol. The van der Waals surface area contributed by atoms with Crippen LogP contribution < -0.4 is 10.1 Å². The Hall–Kier alpha value is -1.86. The number of nitrogens with zero attached hydrogens (tertiary/aromatic N) is 1. The molecule has 150 valence electrons. The Bertz CT molecular complexity index is 825. The highest BCUT2D eigenvalue weighted by atomic mass is 79.9. The van der Waals surface area contributed by atoms with Crippen molar-refractivity contribution in [1.29, 1.82) is 0 Å². The highest BCUT2D eigenvalue weighted by molar-refractivity contribution is 9.10. The van der Waals surface area contributed by atoms with Gasteiger partial charge in [-0.25, -0.2) is 0 Å². The molecular formula is C21H24Br2N2O3. The molecule has 0 bridgehead atoms. The first-order chi connectivity index (χ1) is 13.3. The van der Waals surface area contributed by atoms with Crippen molar-refractivity contribution in [2.45, 2.75) is 32.9 Å². The minimum absolute atomic E-state index is 0.151. The van der Waals surface area contributed by atoms with Crippen LogP contribution in [0.5, 0.6) is 5.75 Å². The topological polar surface area (TPSA) is 58.6 Å². The van der Waals surface area contributed by atoms with E-state index in [-0.39, 0.29) is 18.4 Å². The van der Waals surface area contributed by atoms with Crippen molar-refractivity contribution in [3.63, 3.8) is 0 Å². The second kappa shape index (κ2) is 10.6. The lowest BCUT2D eigenvalue weighted by atomic mass is 10.1. The zero-order chi connectivity index (χ0) is 20.7. The summed E-state index contributed by atoms with van der Waals surface area (Å²) in [5.41, 5.74) is 2.11. The summed E-state index contributed by atoms with van der Waals surface area (Å²) in [7, 11) is 1.56. The average Bonchev–Trinajstić information content (AvgIpc) is 2.70. The Morgan fingerprint density at radius 2 is 1.75 bits per heavy atom. The highest BCUT2D eigenvalue weighted by Gasteiger charge is 2.26. The molecule has 0 saturated carbocycles.